The lowest BCUT2D eigenvalue weighted by Crippen LogP contribution is -2.30. The Kier molecular flexibility index (Phi) is 5.78. The van der Waals surface area contributed by atoms with Crippen LogP contribution in [0, 0.1) is 0 Å². The minimum atomic E-state index is -4.75. The second kappa shape index (κ2) is 7.83. The molecule has 0 saturated carbocycles. The minimum absolute atomic E-state index is 0.0494. The molecular formula is C13H9F3N8OS. The Morgan fingerprint density at radius 1 is 1.19 bits per heavy atom. The number of alkyl halides is 3. The van der Waals surface area contributed by atoms with Gasteiger partial charge >= 0.3 is 6.18 Å². The van der Waals surface area contributed by atoms with Gasteiger partial charge in [0.2, 0.25) is 0 Å². The quantitative estimate of drug-likeness (QED) is 0.309. The lowest BCUT2D eigenvalue weighted by Gasteiger charge is -2.14. The zero-order chi connectivity index (χ0) is 19.3. The first-order chi connectivity index (χ1) is 12.3. The van der Waals surface area contributed by atoms with Crippen molar-refractivity contribution in [2.45, 2.75) is 17.6 Å². The van der Waals surface area contributed by atoms with Gasteiger partial charge in [-0.1, -0.05) is 17.2 Å². The summed E-state index contributed by atoms with van der Waals surface area (Å²) in [5.41, 5.74) is 15.7. The lowest BCUT2D eigenvalue weighted by molar-refractivity contribution is -0.143. The van der Waals surface area contributed by atoms with Crippen LogP contribution < -0.4 is 5.56 Å². The van der Waals surface area contributed by atoms with Crippen LogP contribution in [0.2, 0.25) is 0 Å². The summed E-state index contributed by atoms with van der Waals surface area (Å²) in [4.78, 5) is 18.2. The van der Waals surface area contributed by atoms with Crippen LogP contribution in [0.15, 0.2) is 44.2 Å². The van der Waals surface area contributed by atoms with Crippen LogP contribution in [0.1, 0.15) is 0 Å². The molecule has 13 heteroatoms. The van der Waals surface area contributed by atoms with Crippen molar-refractivity contribution in [1.82, 2.24) is 9.78 Å². The maximum Gasteiger partial charge on any atom is 0.408 e. The number of nitrogens with zero attached hydrogens (tertiary/aromatic N) is 8. The van der Waals surface area contributed by atoms with E-state index in [-0.39, 0.29) is 10.2 Å². The van der Waals surface area contributed by atoms with Crippen LogP contribution in [0.25, 0.3) is 32.0 Å². The number of halogens is 3. The smallest absolute Gasteiger partial charge is 0.267 e. The number of thioether (sulfide) groups is 1. The van der Waals surface area contributed by atoms with Crippen molar-refractivity contribution in [3.05, 3.63) is 55.5 Å². The molecular weight excluding hydrogens is 373 g/mol. The van der Waals surface area contributed by atoms with Gasteiger partial charge in [0.15, 0.2) is 5.82 Å². The molecule has 0 saturated heterocycles. The zero-order valence-electron chi connectivity index (χ0n) is 13.0. The Morgan fingerprint density at radius 2 is 1.81 bits per heavy atom. The lowest BCUT2D eigenvalue weighted by atomic mass is 10.1. The molecule has 0 N–H and O–H groups in total. The summed E-state index contributed by atoms with van der Waals surface area (Å²) >= 11 is 1.44. The predicted molar refractivity (Wildman–Crippen MR) is 89.4 cm³/mol. The van der Waals surface area contributed by atoms with Crippen LogP contribution in [0.4, 0.5) is 24.7 Å². The maximum absolute atomic E-state index is 12.7. The summed E-state index contributed by atoms with van der Waals surface area (Å²) < 4.78 is 38.0. The van der Waals surface area contributed by atoms with E-state index in [9.17, 15) is 18.0 Å². The first-order valence-electron chi connectivity index (χ1n) is 6.77. The zero-order valence-corrected chi connectivity index (χ0v) is 13.9. The van der Waals surface area contributed by atoms with E-state index in [0.717, 1.165) is 4.90 Å². The average molecular weight is 382 g/mol. The highest BCUT2D eigenvalue weighted by molar-refractivity contribution is 7.98. The topological polar surface area (TPSA) is 132 Å². The van der Waals surface area contributed by atoms with Crippen molar-refractivity contribution < 1.29 is 13.2 Å². The molecule has 134 valence electrons. The third-order valence-electron chi connectivity index (χ3n) is 3.10. The standard InChI is InChI=1S/C13H9F3N8OS/c1-26-8-4-2-7(3-5-8)9-10(19-22-17)12(25)24(6-13(14,15)16)21-11(9)20-23-18/h2-5H,6H2,1H3. The van der Waals surface area contributed by atoms with E-state index in [2.05, 4.69) is 25.2 Å². The Balaban J connectivity index is 2.83. The molecule has 1 heterocycles. The monoisotopic (exact) mass is 382 g/mol. The molecule has 1 aromatic carbocycles. The van der Waals surface area contributed by atoms with E-state index in [1.165, 1.54) is 11.8 Å². The van der Waals surface area contributed by atoms with Crippen molar-refractivity contribution in [3.63, 3.8) is 0 Å². The molecule has 0 atom stereocenters. The summed E-state index contributed by atoms with van der Waals surface area (Å²) in [6, 6.07) is 6.45. The summed E-state index contributed by atoms with van der Waals surface area (Å²) in [5.74, 6) is -0.504. The minimum Gasteiger partial charge on any atom is -0.267 e. The van der Waals surface area contributed by atoms with Gasteiger partial charge in [0.05, 0.1) is 0 Å². The molecule has 0 radical (unpaired) electrons. The van der Waals surface area contributed by atoms with E-state index in [0.29, 0.717) is 5.56 Å². The highest BCUT2D eigenvalue weighted by Gasteiger charge is 2.30. The molecule has 0 bridgehead atoms. The summed E-state index contributed by atoms with van der Waals surface area (Å²) in [6.07, 6.45) is -2.91. The average Bonchev–Trinajstić information content (AvgIpc) is 2.58. The van der Waals surface area contributed by atoms with Gasteiger partial charge in [-0.2, -0.15) is 18.3 Å². The van der Waals surface area contributed by atoms with Crippen molar-refractivity contribution in [3.8, 4) is 11.1 Å². The van der Waals surface area contributed by atoms with Crippen molar-refractivity contribution in [2.75, 3.05) is 6.26 Å². The second-order valence-corrected chi connectivity index (χ2v) is 5.61. The Morgan fingerprint density at radius 3 is 2.31 bits per heavy atom. The summed E-state index contributed by atoms with van der Waals surface area (Å²) in [7, 11) is 0. The van der Waals surface area contributed by atoms with E-state index in [1.54, 1.807) is 24.3 Å². The molecule has 9 nitrogen and oxygen atoms in total. The first-order valence-corrected chi connectivity index (χ1v) is 7.99. The highest BCUT2D eigenvalue weighted by Crippen LogP contribution is 2.36. The number of aromatic nitrogens is 2. The Bertz CT molecular complexity index is 973. The van der Waals surface area contributed by atoms with Gasteiger partial charge in [0.1, 0.15) is 12.2 Å². The molecule has 1 aromatic heterocycles. The fraction of sp³-hybridized carbons (Fsp3) is 0.231. The fourth-order valence-corrected chi connectivity index (χ4v) is 2.50. The van der Waals surface area contributed by atoms with E-state index in [4.69, 9.17) is 11.1 Å². The molecule has 2 rings (SSSR count). The number of hydrogen-bond acceptors (Lipinski definition) is 5. The highest BCUT2D eigenvalue weighted by atomic mass is 32.2. The molecule has 0 aliphatic carbocycles. The van der Waals surface area contributed by atoms with Crippen LogP contribution in [-0.2, 0) is 6.54 Å². The number of hydrogen-bond donors (Lipinski definition) is 0. The Hall–Kier alpha value is -3.14. The van der Waals surface area contributed by atoms with Gasteiger partial charge in [0, 0.05) is 20.3 Å². The van der Waals surface area contributed by atoms with Crippen molar-refractivity contribution in [2.24, 2.45) is 10.2 Å². The van der Waals surface area contributed by atoms with Crippen LogP contribution >= 0.6 is 11.8 Å². The van der Waals surface area contributed by atoms with E-state index < -0.39 is 29.8 Å². The molecule has 0 amide bonds. The molecule has 0 aliphatic rings. The van der Waals surface area contributed by atoms with Gasteiger partial charge in [-0.05, 0) is 40.1 Å². The van der Waals surface area contributed by atoms with Crippen LogP contribution in [0.3, 0.4) is 0 Å². The molecule has 2 aromatic rings. The van der Waals surface area contributed by atoms with Crippen molar-refractivity contribution >= 4 is 23.3 Å². The number of benzene rings is 1. The normalized spacial score (nSPS) is 10.8. The van der Waals surface area contributed by atoms with Gasteiger partial charge in [-0.3, -0.25) is 4.79 Å². The SMILES string of the molecule is CSc1ccc(-c2c(N=[N+]=[N-])nn(CC(F)(F)F)c(=O)c2N=[N+]=[N-])cc1. The number of rotatable bonds is 5. The van der Waals surface area contributed by atoms with Gasteiger partial charge in [-0.25, -0.2) is 4.68 Å². The van der Waals surface area contributed by atoms with Crippen LogP contribution in [0.5, 0.6) is 0 Å². The summed E-state index contributed by atoms with van der Waals surface area (Å²) in [6.45, 7) is -1.72. The first kappa shape index (κ1) is 19.2. The third-order valence-corrected chi connectivity index (χ3v) is 3.85. The van der Waals surface area contributed by atoms with Gasteiger partial charge in [0.25, 0.3) is 5.56 Å². The van der Waals surface area contributed by atoms with Crippen LogP contribution in [-0.4, -0.2) is 22.2 Å². The molecule has 0 fully saturated rings. The van der Waals surface area contributed by atoms with E-state index >= 15 is 0 Å². The maximum atomic E-state index is 12.7. The van der Waals surface area contributed by atoms with Gasteiger partial charge in [-0.15, -0.1) is 11.8 Å². The van der Waals surface area contributed by atoms with Gasteiger partial charge < -0.3 is 0 Å². The second-order valence-electron chi connectivity index (χ2n) is 4.73. The Labute approximate surface area is 147 Å². The number of azide groups is 2. The summed E-state index contributed by atoms with van der Waals surface area (Å²) in [5, 5.41) is 9.95. The van der Waals surface area contributed by atoms with Crippen molar-refractivity contribution in [1.29, 1.82) is 0 Å². The third kappa shape index (κ3) is 4.28. The van der Waals surface area contributed by atoms with E-state index in [1.807, 2.05) is 6.26 Å². The molecule has 0 aliphatic heterocycles. The molecule has 0 unspecified atom stereocenters. The largest absolute Gasteiger partial charge is 0.408 e. The molecule has 26 heavy (non-hydrogen) atoms. The fourth-order valence-electron chi connectivity index (χ4n) is 2.10. The predicted octanol–water partition coefficient (Wildman–Crippen LogP) is 5.08. The molecule has 0 spiro atoms.